The minimum atomic E-state index is -0.679. The average Bonchev–Trinajstić information content (AvgIpc) is 3.38. The van der Waals surface area contributed by atoms with Gasteiger partial charge in [-0.25, -0.2) is 14.6 Å². The number of carbonyl (C=O) groups is 3. The average molecular weight is 494 g/mol. The molecule has 3 heterocycles. The van der Waals surface area contributed by atoms with E-state index in [0.29, 0.717) is 20.9 Å². The van der Waals surface area contributed by atoms with Crippen molar-refractivity contribution in [2.75, 3.05) is 25.3 Å². The summed E-state index contributed by atoms with van der Waals surface area (Å²) < 4.78 is 11.0. The molecule has 0 fully saturated rings. The van der Waals surface area contributed by atoms with Gasteiger partial charge in [0.15, 0.2) is 5.16 Å². The summed E-state index contributed by atoms with van der Waals surface area (Å²) in [6, 6.07) is 1.71. The Hall–Kier alpha value is -2.96. The van der Waals surface area contributed by atoms with Gasteiger partial charge in [-0.2, -0.15) is 0 Å². The van der Waals surface area contributed by atoms with Crippen molar-refractivity contribution in [3.05, 3.63) is 50.5 Å². The molecular weight excluding hydrogens is 474 g/mol. The van der Waals surface area contributed by atoms with Crippen molar-refractivity contribution >= 4 is 67.5 Å². The second kappa shape index (κ2) is 10.1. The minimum absolute atomic E-state index is 0.0778. The summed E-state index contributed by atoms with van der Waals surface area (Å²) in [5.74, 6) is -1.81. The van der Waals surface area contributed by atoms with Crippen LogP contribution in [0.2, 0.25) is 0 Å². The Morgan fingerprint density at radius 2 is 2.00 bits per heavy atom. The summed E-state index contributed by atoms with van der Waals surface area (Å²) in [4.78, 5) is 54.8. The normalized spacial score (nSPS) is 10.7. The number of methoxy groups -OCH3 is 2. The number of thiophene rings is 2. The third kappa shape index (κ3) is 4.61. The molecular formula is C20H19N3O6S3. The van der Waals surface area contributed by atoms with Crippen LogP contribution >= 0.6 is 34.4 Å². The lowest BCUT2D eigenvalue weighted by molar-refractivity contribution is -0.113. The monoisotopic (exact) mass is 493 g/mol. The van der Waals surface area contributed by atoms with Gasteiger partial charge in [0.2, 0.25) is 5.91 Å². The predicted octanol–water partition coefficient (Wildman–Crippen LogP) is 3.32. The predicted molar refractivity (Wildman–Crippen MR) is 125 cm³/mol. The molecule has 32 heavy (non-hydrogen) atoms. The minimum Gasteiger partial charge on any atom is -0.465 e. The molecule has 0 aromatic carbocycles. The molecule has 0 bridgehead atoms. The van der Waals surface area contributed by atoms with Gasteiger partial charge in [0.05, 0.1) is 30.9 Å². The molecule has 0 spiro atoms. The Morgan fingerprint density at radius 3 is 2.66 bits per heavy atom. The number of ether oxygens (including phenoxy) is 2. The molecule has 0 atom stereocenters. The lowest BCUT2D eigenvalue weighted by Gasteiger charge is -2.10. The maximum atomic E-state index is 12.7. The first-order valence-electron chi connectivity index (χ1n) is 9.13. The molecule has 1 amide bonds. The summed E-state index contributed by atoms with van der Waals surface area (Å²) in [7, 11) is 2.44. The zero-order chi connectivity index (χ0) is 23.4. The number of hydrogen-bond donors (Lipinski definition) is 1. The number of thioether (sulfide) groups is 1. The number of amides is 1. The number of carbonyl (C=O) groups excluding carboxylic acids is 3. The molecule has 0 saturated carbocycles. The fourth-order valence-electron chi connectivity index (χ4n) is 2.86. The van der Waals surface area contributed by atoms with E-state index < -0.39 is 17.8 Å². The van der Waals surface area contributed by atoms with Gasteiger partial charge < -0.3 is 14.8 Å². The van der Waals surface area contributed by atoms with E-state index in [0.717, 1.165) is 23.1 Å². The van der Waals surface area contributed by atoms with Gasteiger partial charge >= 0.3 is 11.9 Å². The Morgan fingerprint density at radius 1 is 1.28 bits per heavy atom. The van der Waals surface area contributed by atoms with Crippen LogP contribution in [-0.4, -0.2) is 47.4 Å². The van der Waals surface area contributed by atoms with Crippen LogP contribution < -0.4 is 10.9 Å². The first-order valence-corrected chi connectivity index (χ1v) is 11.8. The third-order valence-electron chi connectivity index (χ3n) is 4.35. The molecule has 9 nitrogen and oxygen atoms in total. The van der Waals surface area contributed by atoms with Crippen molar-refractivity contribution in [1.82, 2.24) is 9.55 Å². The van der Waals surface area contributed by atoms with E-state index in [9.17, 15) is 19.2 Å². The molecule has 0 aliphatic rings. The molecule has 168 valence electrons. The Labute approximate surface area is 195 Å². The smallest absolute Gasteiger partial charge is 0.348 e. The second-order valence-corrected chi connectivity index (χ2v) is 9.18. The summed E-state index contributed by atoms with van der Waals surface area (Å²) >= 11 is 3.35. The Bertz CT molecular complexity index is 1270. The molecule has 0 saturated heterocycles. The molecule has 0 aliphatic heterocycles. The zero-order valence-electron chi connectivity index (χ0n) is 17.4. The van der Waals surface area contributed by atoms with E-state index in [1.807, 2.05) is 0 Å². The fraction of sp³-hybridized carbons (Fsp3) is 0.250. The van der Waals surface area contributed by atoms with E-state index in [4.69, 9.17) is 9.47 Å². The maximum absolute atomic E-state index is 12.7. The van der Waals surface area contributed by atoms with E-state index in [-0.39, 0.29) is 33.3 Å². The van der Waals surface area contributed by atoms with Gasteiger partial charge in [-0.05, 0) is 23.9 Å². The van der Waals surface area contributed by atoms with E-state index in [1.165, 1.54) is 30.1 Å². The SMILES string of the molecule is C=CCn1c(SCC(=O)Nc2sc(C(=O)OC)c(C)c2C(=O)OC)nc2sccc2c1=O. The number of fused-ring (bicyclic) bond motifs is 1. The lowest BCUT2D eigenvalue weighted by Crippen LogP contribution is -2.23. The van der Waals surface area contributed by atoms with Crippen LogP contribution in [0, 0.1) is 6.92 Å². The summed E-state index contributed by atoms with van der Waals surface area (Å²) in [6.45, 7) is 5.50. The highest BCUT2D eigenvalue weighted by Gasteiger charge is 2.27. The summed E-state index contributed by atoms with van der Waals surface area (Å²) in [5, 5.41) is 5.51. The first-order chi connectivity index (χ1) is 15.3. The quantitative estimate of drug-likeness (QED) is 0.220. The third-order valence-corrected chi connectivity index (χ3v) is 7.32. The van der Waals surface area contributed by atoms with Gasteiger partial charge in [-0.3, -0.25) is 14.2 Å². The molecule has 0 unspecified atom stereocenters. The van der Waals surface area contributed by atoms with Crippen LogP contribution in [0.4, 0.5) is 5.00 Å². The number of hydrogen-bond acceptors (Lipinski definition) is 10. The fourth-order valence-corrected chi connectivity index (χ4v) is 5.60. The largest absolute Gasteiger partial charge is 0.465 e. The second-order valence-electron chi connectivity index (χ2n) is 6.32. The van der Waals surface area contributed by atoms with Crippen molar-refractivity contribution < 1.29 is 23.9 Å². The van der Waals surface area contributed by atoms with Gasteiger partial charge in [-0.1, -0.05) is 17.8 Å². The van der Waals surface area contributed by atoms with Gasteiger partial charge in [0, 0.05) is 6.54 Å². The number of aromatic nitrogens is 2. The van der Waals surface area contributed by atoms with E-state index in [2.05, 4.69) is 16.9 Å². The lowest BCUT2D eigenvalue weighted by atomic mass is 10.1. The number of rotatable bonds is 8. The van der Waals surface area contributed by atoms with Crippen LogP contribution in [-0.2, 0) is 20.8 Å². The highest BCUT2D eigenvalue weighted by Crippen LogP contribution is 2.34. The highest BCUT2D eigenvalue weighted by atomic mass is 32.2. The number of allylic oxidation sites excluding steroid dienone is 1. The van der Waals surface area contributed by atoms with Crippen molar-refractivity contribution in [1.29, 1.82) is 0 Å². The molecule has 3 rings (SSSR count). The van der Waals surface area contributed by atoms with Crippen LogP contribution in [0.1, 0.15) is 25.6 Å². The summed E-state index contributed by atoms with van der Waals surface area (Å²) in [6.07, 6.45) is 1.58. The van der Waals surface area contributed by atoms with Gasteiger partial charge in [0.25, 0.3) is 5.56 Å². The van der Waals surface area contributed by atoms with Crippen molar-refractivity contribution in [2.45, 2.75) is 18.6 Å². The van der Waals surface area contributed by atoms with Crippen LogP contribution in [0.25, 0.3) is 10.2 Å². The first kappa shape index (κ1) is 23.7. The number of anilines is 1. The molecule has 0 aliphatic carbocycles. The van der Waals surface area contributed by atoms with Crippen molar-refractivity contribution in [3.8, 4) is 0 Å². The van der Waals surface area contributed by atoms with E-state index in [1.54, 1.807) is 24.4 Å². The van der Waals surface area contributed by atoms with Crippen LogP contribution in [0.3, 0.4) is 0 Å². The molecule has 0 radical (unpaired) electrons. The van der Waals surface area contributed by atoms with Crippen LogP contribution in [0.5, 0.6) is 0 Å². The topological polar surface area (TPSA) is 117 Å². The molecule has 1 N–H and O–H groups in total. The highest BCUT2D eigenvalue weighted by molar-refractivity contribution is 7.99. The number of esters is 2. The number of nitrogens with one attached hydrogen (secondary N) is 1. The Balaban J connectivity index is 1.85. The zero-order valence-corrected chi connectivity index (χ0v) is 19.9. The van der Waals surface area contributed by atoms with Crippen molar-refractivity contribution in [2.24, 2.45) is 0 Å². The van der Waals surface area contributed by atoms with Gasteiger partial charge in [0.1, 0.15) is 14.7 Å². The van der Waals surface area contributed by atoms with Gasteiger partial charge in [-0.15, -0.1) is 29.3 Å². The number of nitrogens with zero attached hydrogens (tertiary/aromatic N) is 2. The summed E-state index contributed by atoms with van der Waals surface area (Å²) in [5.41, 5.74) is 0.253. The van der Waals surface area contributed by atoms with Crippen molar-refractivity contribution in [3.63, 3.8) is 0 Å². The van der Waals surface area contributed by atoms with E-state index >= 15 is 0 Å². The molecule has 12 heteroatoms. The maximum Gasteiger partial charge on any atom is 0.348 e. The molecule has 3 aromatic heterocycles. The standard InChI is InChI=1S/C20H19N3O6S3/c1-5-7-23-17(25)11-6-8-30-15(11)22-20(23)31-9-12(24)21-16-13(18(26)28-3)10(2)14(32-16)19(27)29-4/h5-6,8H,1,7,9H2,2-4H3,(H,21,24). The van der Waals surface area contributed by atoms with Crippen LogP contribution in [0.15, 0.2) is 34.1 Å². The Kier molecular flexibility index (Phi) is 7.48. The molecule has 3 aromatic rings.